The van der Waals surface area contributed by atoms with Gasteiger partial charge in [-0.25, -0.2) is 0 Å². The van der Waals surface area contributed by atoms with E-state index in [0.717, 1.165) is 61.5 Å². The Balaban J connectivity index is 1.30. The summed E-state index contributed by atoms with van der Waals surface area (Å²) in [5, 5.41) is 11.5. The molecule has 3 aliphatic rings. The predicted molar refractivity (Wildman–Crippen MR) is 139 cm³/mol. The molecule has 7 nitrogen and oxygen atoms in total. The average molecular weight is 495 g/mol. The summed E-state index contributed by atoms with van der Waals surface area (Å²) < 4.78 is 16.8. The Bertz CT molecular complexity index is 1090. The molecule has 0 bridgehead atoms. The summed E-state index contributed by atoms with van der Waals surface area (Å²) in [7, 11) is 1.62. The third-order valence-corrected chi connectivity index (χ3v) is 8.04. The molecule has 0 spiro atoms. The number of benzene rings is 2. The monoisotopic (exact) mass is 494 g/mol. The van der Waals surface area contributed by atoms with Gasteiger partial charge in [0.15, 0.2) is 11.5 Å². The molecule has 7 heteroatoms. The van der Waals surface area contributed by atoms with Gasteiger partial charge in [0.2, 0.25) is 5.91 Å². The topological polar surface area (TPSA) is 71.5 Å². The molecule has 3 aliphatic heterocycles. The maximum atomic E-state index is 13.1. The van der Waals surface area contributed by atoms with E-state index in [1.807, 2.05) is 62.1 Å². The van der Waals surface area contributed by atoms with Crippen molar-refractivity contribution in [2.45, 2.75) is 64.3 Å². The lowest BCUT2D eigenvalue weighted by atomic mass is 9.77. The highest BCUT2D eigenvalue weighted by molar-refractivity contribution is 5.96. The number of piperidine rings is 1. The standard InChI is InChI=1S/C29H38N2O5/c1-19(2)36-27-14-21-16-31(28(32)15-20(21)13-26(27)34-4)24-7-5-22(6-8-24)29(3,33)23-9-11-30(12-10-23)25-17-35-18-25/h5-8,13-14,19,23,25,33H,9-12,15-18H2,1-4H3/t29-/m0/s1. The maximum Gasteiger partial charge on any atom is 0.231 e. The van der Waals surface area contributed by atoms with Crippen LogP contribution in [0.15, 0.2) is 36.4 Å². The molecule has 2 saturated heterocycles. The van der Waals surface area contributed by atoms with Crippen molar-refractivity contribution in [3.05, 3.63) is 53.1 Å². The van der Waals surface area contributed by atoms with E-state index in [2.05, 4.69) is 4.90 Å². The van der Waals surface area contributed by atoms with Gasteiger partial charge in [0.1, 0.15) is 0 Å². The molecule has 0 saturated carbocycles. The van der Waals surface area contributed by atoms with Crippen LogP contribution in [0.3, 0.4) is 0 Å². The molecule has 194 valence electrons. The van der Waals surface area contributed by atoms with E-state index in [1.165, 1.54) is 0 Å². The second-order valence-electron chi connectivity index (χ2n) is 10.8. The fraction of sp³-hybridized carbons (Fsp3) is 0.552. The lowest BCUT2D eigenvalue weighted by molar-refractivity contribution is -0.118. The number of methoxy groups -OCH3 is 1. The summed E-state index contributed by atoms with van der Waals surface area (Å²) >= 11 is 0. The maximum absolute atomic E-state index is 13.1. The summed E-state index contributed by atoms with van der Waals surface area (Å²) in [5.41, 5.74) is 2.87. The Morgan fingerprint density at radius 1 is 1.06 bits per heavy atom. The summed E-state index contributed by atoms with van der Waals surface area (Å²) in [6.07, 6.45) is 2.28. The van der Waals surface area contributed by atoms with E-state index in [1.54, 1.807) is 7.11 Å². The first-order valence-corrected chi connectivity index (χ1v) is 13.1. The molecule has 0 unspecified atom stereocenters. The Hall–Kier alpha value is -2.61. The number of hydrogen-bond donors (Lipinski definition) is 1. The number of anilines is 1. The van der Waals surface area contributed by atoms with Gasteiger partial charge in [-0.2, -0.15) is 0 Å². The zero-order chi connectivity index (χ0) is 25.4. The minimum absolute atomic E-state index is 0.0260. The molecule has 2 aromatic carbocycles. The van der Waals surface area contributed by atoms with Gasteiger partial charge in [-0.05, 0) is 93.6 Å². The number of nitrogens with zero attached hydrogens (tertiary/aromatic N) is 2. The highest BCUT2D eigenvalue weighted by Gasteiger charge is 2.38. The minimum Gasteiger partial charge on any atom is -0.493 e. The van der Waals surface area contributed by atoms with Crippen LogP contribution >= 0.6 is 0 Å². The van der Waals surface area contributed by atoms with Crippen molar-refractivity contribution in [2.24, 2.45) is 5.92 Å². The highest BCUT2D eigenvalue weighted by atomic mass is 16.5. The highest BCUT2D eigenvalue weighted by Crippen LogP contribution is 2.39. The van der Waals surface area contributed by atoms with Crippen LogP contribution in [0.25, 0.3) is 0 Å². The smallest absolute Gasteiger partial charge is 0.231 e. The first-order valence-electron chi connectivity index (χ1n) is 13.1. The number of amides is 1. The average Bonchev–Trinajstić information content (AvgIpc) is 2.82. The Morgan fingerprint density at radius 2 is 1.72 bits per heavy atom. The zero-order valence-corrected chi connectivity index (χ0v) is 21.8. The fourth-order valence-electron chi connectivity index (χ4n) is 5.69. The number of fused-ring (bicyclic) bond motifs is 1. The van der Waals surface area contributed by atoms with Crippen LogP contribution < -0.4 is 14.4 Å². The van der Waals surface area contributed by atoms with Gasteiger partial charge in [-0.1, -0.05) is 12.1 Å². The first-order chi connectivity index (χ1) is 17.3. The van der Waals surface area contributed by atoms with Gasteiger partial charge < -0.3 is 24.2 Å². The van der Waals surface area contributed by atoms with Gasteiger partial charge in [0.25, 0.3) is 0 Å². The van der Waals surface area contributed by atoms with E-state index in [0.29, 0.717) is 30.5 Å². The molecule has 36 heavy (non-hydrogen) atoms. The lowest BCUT2D eigenvalue weighted by Crippen LogP contribution is -2.53. The molecule has 0 radical (unpaired) electrons. The van der Waals surface area contributed by atoms with Gasteiger partial charge in [-0.15, -0.1) is 0 Å². The molecule has 0 aromatic heterocycles. The summed E-state index contributed by atoms with van der Waals surface area (Å²) in [5.74, 6) is 1.61. The van der Waals surface area contributed by atoms with E-state index in [-0.39, 0.29) is 17.9 Å². The summed E-state index contributed by atoms with van der Waals surface area (Å²) in [6.45, 7) is 10.1. The predicted octanol–water partition coefficient (Wildman–Crippen LogP) is 3.89. The molecular weight excluding hydrogens is 456 g/mol. The van der Waals surface area contributed by atoms with Crippen molar-refractivity contribution in [3.8, 4) is 11.5 Å². The Morgan fingerprint density at radius 3 is 2.31 bits per heavy atom. The molecule has 2 aromatic rings. The quantitative estimate of drug-likeness (QED) is 0.630. The second kappa shape index (κ2) is 10.0. The molecule has 1 atom stereocenters. The lowest BCUT2D eigenvalue weighted by Gasteiger charge is -2.44. The van der Waals surface area contributed by atoms with Gasteiger partial charge >= 0.3 is 0 Å². The van der Waals surface area contributed by atoms with Gasteiger partial charge in [0, 0.05) is 5.69 Å². The van der Waals surface area contributed by atoms with Crippen molar-refractivity contribution < 1.29 is 24.1 Å². The van der Waals surface area contributed by atoms with Crippen LogP contribution in [0.4, 0.5) is 5.69 Å². The van der Waals surface area contributed by atoms with Gasteiger partial charge in [0.05, 0.1) is 51.0 Å². The number of likely N-dealkylation sites (tertiary alicyclic amines) is 1. The third kappa shape index (κ3) is 4.84. The number of ether oxygens (including phenoxy) is 3. The number of aliphatic hydroxyl groups is 1. The molecule has 3 heterocycles. The summed E-state index contributed by atoms with van der Waals surface area (Å²) in [6, 6.07) is 12.3. The third-order valence-electron chi connectivity index (χ3n) is 8.04. The van der Waals surface area contributed by atoms with Crippen molar-refractivity contribution >= 4 is 11.6 Å². The van der Waals surface area contributed by atoms with Crippen molar-refractivity contribution in [1.29, 1.82) is 0 Å². The van der Waals surface area contributed by atoms with Crippen molar-refractivity contribution in [1.82, 2.24) is 4.90 Å². The van der Waals surface area contributed by atoms with Crippen LogP contribution in [0.1, 0.15) is 50.3 Å². The van der Waals surface area contributed by atoms with Crippen LogP contribution in [-0.4, -0.2) is 61.5 Å². The second-order valence-corrected chi connectivity index (χ2v) is 10.8. The largest absolute Gasteiger partial charge is 0.493 e. The van der Waals surface area contributed by atoms with Crippen molar-refractivity contribution in [3.63, 3.8) is 0 Å². The molecule has 0 aliphatic carbocycles. The van der Waals surface area contributed by atoms with Crippen LogP contribution in [0.5, 0.6) is 11.5 Å². The number of carbonyl (C=O) groups is 1. The summed E-state index contributed by atoms with van der Waals surface area (Å²) in [4.78, 5) is 17.4. The fourth-order valence-corrected chi connectivity index (χ4v) is 5.69. The minimum atomic E-state index is -0.904. The number of rotatable bonds is 7. The van der Waals surface area contributed by atoms with Crippen molar-refractivity contribution in [2.75, 3.05) is 38.3 Å². The van der Waals surface area contributed by atoms with E-state index in [4.69, 9.17) is 14.2 Å². The molecule has 2 fully saturated rings. The van der Waals surface area contributed by atoms with Crippen LogP contribution in [0.2, 0.25) is 0 Å². The molecule has 1 amide bonds. The first kappa shape index (κ1) is 25.1. The zero-order valence-electron chi connectivity index (χ0n) is 21.8. The van der Waals surface area contributed by atoms with E-state index < -0.39 is 5.60 Å². The number of hydrogen-bond acceptors (Lipinski definition) is 6. The molecular formula is C29H38N2O5. The number of carbonyl (C=O) groups excluding carboxylic acids is 1. The Kier molecular flexibility index (Phi) is 6.99. The van der Waals surface area contributed by atoms with Crippen LogP contribution in [0, 0.1) is 5.92 Å². The Labute approximate surface area is 213 Å². The van der Waals surface area contributed by atoms with E-state index in [9.17, 15) is 9.90 Å². The SMILES string of the molecule is COc1cc2c(cc1OC(C)C)CN(c1ccc([C@](C)(O)C3CCN(C4COC4)CC3)cc1)C(=O)C2. The van der Waals surface area contributed by atoms with E-state index >= 15 is 0 Å². The molecule has 1 N–H and O–H groups in total. The van der Waals surface area contributed by atoms with Gasteiger partial charge in [-0.3, -0.25) is 9.69 Å². The normalized spacial score (nSPS) is 21.2. The molecule has 5 rings (SSSR count). The van der Waals surface area contributed by atoms with Crippen LogP contribution in [-0.2, 0) is 28.1 Å².